The van der Waals surface area contributed by atoms with E-state index in [0.717, 1.165) is 5.69 Å². The molecule has 0 radical (unpaired) electrons. The number of aromatic nitrogens is 3. The number of hydrogen-bond donors (Lipinski definition) is 2. The number of pyridine rings is 1. The first-order valence-electron chi connectivity index (χ1n) is 9.36. The summed E-state index contributed by atoms with van der Waals surface area (Å²) < 4.78 is 23.8. The maximum absolute atomic E-state index is 13.5. The van der Waals surface area contributed by atoms with Crippen molar-refractivity contribution in [3.63, 3.8) is 0 Å². The van der Waals surface area contributed by atoms with E-state index in [1.54, 1.807) is 48.7 Å². The third-order valence-corrected chi connectivity index (χ3v) is 4.87. The standard InChI is InChI=1S/C22H17ClFN5O2S/c1-32-28-18-9-15(23)8-17(11-18)27-22(30)14-12-26-29(13-14)21-20(6-3-7-25-21)31-19-5-2-4-16(24)10-19/h2-13,28H,1H3,(H,27,30). The molecule has 0 saturated carbocycles. The molecule has 1 amide bonds. The highest BCUT2D eigenvalue weighted by atomic mass is 35.5. The number of amides is 1. The van der Waals surface area contributed by atoms with Gasteiger partial charge >= 0.3 is 0 Å². The van der Waals surface area contributed by atoms with E-state index in [1.165, 1.54) is 41.2 Å². The van der Waals surface area contributed by atoms with Gasteiger partial charge in [-0.05, 0) is 42.5 Å². The SMILES string of the molecule is CSNc1cc(Cl)cc(NC(=O)c2cnn(-c3ncccc3Oc3cccc(F)c3)c2)c1. The fourth-order valence-corrected chi connectivity index (χ4v) is 3.48. The number of benzene rings is 2. The average Bonchev–Trinajstić information content (AvgIpc) is 3.24. The van der Waals surface area contributed by atoms with Gasteiger partial charge in [-0.15, -0.1) is 0 Å². The van der Waals surface area contributed by atoms with E-state index in [0.29, 0.717) is 33.6 Å². The van der Waals surface area contributed by atoms with Crippen LogP contribution < -0.4 is 14.8 Å². The highest BCUT2D eigenvalue weighted by Crippen LogP contribution is 2.27. The summed E-state index contributed by atoms with van der Waals surface area (Å²) in [7, 11) is 0. The minimum Gasteiger partial charge on any atom is -0.453 e. The lowest BCUT2D eigenvalue weighted by atomic mass is 10.2. The van der Waals surface area contributed by atoms with Crippen LogP contribution in [0.1, 0.15) is 10.4 Å². The molecule has 4 rings (SSSR count). The zero-order valence-electron chi connectivity index (χ0n) is 16.8. The van der Waals surface area contributed by atoms with Crippen LogP contribution in [0.15, 0.2) is 73.2 Å². The summed E-state index contributed by atoms with van der Waals surface area (Å²) in [5.74, 6) is 0.251. The Hall–Kier alpha value is -3.56. The molecule has 0 atom stereocenters. The molecule has 4 aromatic rings. The van der Waals surface area contributed by atoms with Gasteiger partial charge in [0.15, 0.2) is 11.6 Å². The minimum absolute atomic E-state index is 0.312. The molecule has 2 aromatic carbocycles. The summed E-state index contributed by atoms with van der Waals surface area (Å²) in [6, 6.07) is 14.3. The van der Waals surface area contributed by atoms with Crippen molar-refractivity contribution in [2.24, 2.45) is 0 Å². The molecule has 0 aliphatic carbocycles. The van der Waals surface area contributed by atoms with Crippen LogP contribution in [0.4, 0.5) is 15.8 Å². The number of hydrogen-bond acceptors (Lipinski definition) is 6. The van der Waals surface area contributed by atoms with E-state index in [9.17, 15) is 9.18 Å². The zero-order valence-corrected chi connectivity index (χ0v) is 18.3. The Morgan fingerprint density at radius 2 is 2.00 bits per heavy atom. The van der Waals surface area contributed by atoms with Gasteiger partial charge in [0.05, 0.1) is 11.8 Å². The van der Waals surface area contributed by atoms with Crippen LogP contribution in [0.3, 0.4) is 0 Å². The van der Waals surface area contributed by atoms with Crippen molar-refractivity contribution < 1.29 is 13.9 Å². The molecule has 0 bridgehead atoms. The Kier molecular flexibility index (Phi) is 6.58. The summed E-state index contributed by atoms with van der Waals surface area (Å²) in [4.78, 5) is 17.0. The van der Waals surface area contributed by atoms with E-state index < -0.39 is 5.82 Å². The number of nitrogens with zero attached hydrogens (tertiary/aromatic N) is 3. The quantitative estimate of drug-likeness (QED) is 0.333. The number of carbonyl (C=O) groups is 1. The number of anilines is 2. The number of rotatable bonds is 7. The fraction of sp³-hybridized carbons (Fsp3) is 0.0455. The van der Waals surface area contributed by atoms with Crippen LogP contribution in [0.2, 0.25) is 5.02 Å². The third kappa shape index (κ3) is 5.19. The monoisotopic (exact) mass is 469 g/mol. The van der Waals surface area contributed by atoms with E-state index in [4.69, 9.17) is 16.3 Å². The second-order valence-electron chi connectivity index (χ2n) is 6.55. The van der Waals surface area contributed by atoms with Crippen LogP contribution in [0.25, 0.3) is 5.82 Å². The number of ether oxygens (including phenoxy) is 1. The predicted molar refractivity (Wildman–Crippen MR) is 124 cm³/mol. The van der Waals surface area contributed by atoms with Gasteiger partial charge in [-0.3, -0.25) is 4.79 Å². The molecular formula is C22H17ClFN5O2S. The van der Waals surface area contributed by atoms with Crippen molar-refractivity contribution in [2.45, 2.75) is 0 Å². The zero-order chi connectivity index (χ0) is 22.5. The highest BCUT2D eigenvalue weighted by molar-refractivity contribution is 7.99. The van der Waals surface area contributed by atoms with Gasteiger partial charge in [-0.1, -0.05) is 29.6 Å². The van der Waals surface area contributed by atoms with Crippen molar-refractivity contribution in [3.05, 3.63) is 89.6 Å². The summed E-state index contributed by atoms with van der Waals surface area (Å²) >= 11 is 7.55. The van der Waals surface area contributed by atoms with Gasteiger partial charge in [-0.25, -0.2) is 14.1 Å². The van der Waals surface area contributed by atoms with Gasteiger partial charge < -0.3 is 14.8 Å². The molecule has 0 aliphatic rings. The van der Waals surface area contributed by atoms with Gasteiger partial charge in [0, 0.05) is 41.1 Å². The van der Waals surface area contributed by atoms with E-state index in [1.807, 2.05) is 6.26 Å². The maximum Gasteiger partial charge on any atom is 0.258 e. The number of carbonyl (C=O) groups excluding carboxylic acids is 1. The van der Waals surface area contributed by atoms with E-state index in [2.05, 4.69) is 20.1 Å². The lowest BCUT2D eigenvalue weighted by Crippen LogP contribution is -2.11. The smallest absolute Gasteiger partial charge is 0.258 e. The van der Waals surface area contributed by atoms with Crippen molar-refractivity contribution >= 4 is 40.8 Å². The van der Waals surface area contributed by atoms with Crippen LogP contribution in [0, 0.1) is 5.82 Å². The second kappa shape index (κ2) is 9.71. The van der Waals surface area contributed by atoms with Gasteiger partial charge in [0.25, 0.3) is 5.91 Å². The molecule has 0 fully saturated rings. The first-order chi connectivity index (χ1) is 15.5. The molecule has 7 nitrogen and oxygen atoms in total. The molecule has 2 aromatic heterocycles. The number of halogens is 2. The molecule has 162 valence electrons. The Morgan fingerprint density at radius 3 is 2.81 bits per heavy atom. The normalized spacial score (nSPS) is 10.6. The first-order valence-corrected chi connectivity index (χ1v) is 11.0. The summed E-state index contributed by atoms with van der Waals surface area (Å²) in [6.45, 7) is 0. The van der Waals surface area contributed by atoms with E-state index >= 15 is 0 Å². The Bertz CT molecular complexity index is 1270. The average molecular weight is 470 g/mol. The topological polar surface area (TPSA) is 81.1 Å². The van der Waals surface area contributed by atoms with Crippen molar-refractivity contribution in [1.82, 2.24) is 14.8 Å². The molecule has 0 unspecified atom stereocenters. The van der Waals surface area contributed by atoms with Crippen molar-refractivity contribution in [3.8, 4) is 17.3 Å². The van der Waals surface area contributed by atoms with Gasteiger partial charge in [-0.2, -0.15) is 5.10 Å². The van der Waals surface area contributed by atoms with Gasteiger partial charge in [0.2, 0.25) is 0 Å². The Balaban J connectivity index is 1.55. The molecule has 0 spiro atoms. The van der Waals surface area contributed by atoms with Crippen LogP contribution in [-0.4, -0.2) is 26.9 Å². The predicted octanol–water partition coefficient (Wildman–Crippen LogP) is 5.79. The molecular weight excluding hydrogens is 453 g/mol. The first kappa shape index (κ1) is 21.7. The lowest BCUT2D eigenvalue weighted by molar-refractivity contribution is 0.102. The molecule has 32 heavy (non-hydrogen) atoms. The highest BCUT2D eigenvalue weighted by Gasteiger charge is 2.14. The van der Waals surface area contributed by atoms with Crippen LogP contribution in [-0.2, 0) is 0 Å². The second-order valence-corrected chi connectivity index (χ2v) is 7.60. The Labute approximate surface area is 192 Å². The fourth-order valence-electron chi connectivity index (χ4n) is 2.89. The summed E-state index contributed by atoms with van der Waals surface area (Å²) in [5.41, 5.74) is 1.62. The van der Waals surface area contributed by atoms with Gasteiger partial charge in [0.1, 0.15) is 11.6 Å². The number of nitrogens with one attached hydrogen (secondary N) is 2. The molecule has 2 heterocycles. The molecule has 2 N–H and O–H groups in total. The van der Waals surface area contributed by atoms with Crippen molar-refractivity contribution in [1.29, 1.82) is 0 Å². The molecule has 10 heteroatoms. The third-order valence-electron chi connectivity index (χ3n) is 4.21. The summed E-state index contributed by atoms with van der Waals surface area (Å²) in [6.07, 6.45) is 6.40. The lowest BCUT2D eigenvalue weighted by Gasteiger charge is -2.10. The largest absolute Gasteiger partial charge is 0.453 e. The van der Waals surface area contributed by atoms with E-state index in [-0.39, 0.29) is 5.91 Å². The van der Waals surface area contributed by atoms with Crippen molar-refractivity contribution in [2.75, 3.05) is 16.3 Å². The Morgan fingerprint density at radius 1 is 1.16 bits per heavy atom. The van der Waals surface area contributed by atoms with Crippen LogP contribution in [0.5, 0.6) is 11.5 Å². The maximum atomic E-state index is 13.5. The molecule has 0 aliphatic heterocycles. The minimum atomic E-state index is -0.414. The molecule has 0 saturated heterocycles. The van der Waals surface area contributed by atoms with Crippen LogP contribution >= 0.6 is 23.5 Å². The summed E-state index contributed by atoms with van der Waals surface area (Å²) in [5, 5.41) is 7.52.